The zero-order chi connectivity index (χ0) is 27.3. The van der Waals surface area contributed by atoms with E-state index in [4.69, 9.17) is 21.1 Å². The molecule has 5 nitrogen and oxygen atoms in total. The lowest BCUT2D eigenvalue weighted by molar-refractivity contribution is -0.137. The molecule has 1 aliphatic rings. The minimum atomic E-state index is -4.39. The number of carbonyl (C=O) groups is 1. The van der Waals surface area contributed by atoms with Crippen molar-refractivity contribution in [3.05, 3.63) is 99.8 Å². The molecule has 10 heteroatoms. The quantitative estimate of drug-likeness (QED) is 0.312. The molecule has 1 atom stereocenters. The Kier molecular flexibility index (Phi) is 8.91. The molecule has 0 aliphatic carbocycles. The molecule has 0 unspecified atom stereocenters. The van der Waals surface area contributed by atoms with Gasteiger partial charge in [0.25, 0.3) is 5.91 Å². The first-order chi connectivity index (χ1) is 18.1. The molecule has 4 rings (SSSR count). The number of carbonyl (C=O) groups excluding carboxylic acids is 1. The van der Waals surface area contributed by atoms with Crippen LogP contribution in [0.4, 0.5) is 17.6 Å². The number of alkyl halides is 3. The summed E-state index contributed by atoms with van der Waals surface area (Å²) in [4.78, 5) is 16.7. The van der Waals surface area contributed by atoms with E-state index in [0.29, 0.717) is 43.3 Å². The van der Waals surface area contributed by atoms with Crippen molar-refractivity contribution in [3.8, 4) is 5.75 Å². The summed E-state index contributed by atoms with van der Waals surface area (Å²) in [5.41, 5.74) is 1.06. The number of amides is 1. The van der Waals surface area contributed by atoms with Crippen LogP contribution >= 0.6 is 11.6 Å². The fourth-order valence-corrected chi connectivity index (χ4v) is 4.39. The molecule has 3 aromatic rings. The Morgan fingerprint density at radius 1 is 0.974 bits per heavy atom. The number of nitrogens with zero attached hydrogens (tertiary/aromatic N) is 2. The topological polar surface area (TPSA) is 42.0 Å². The minimum absolute atomic E-state index is 0.0795. The number of methoxy groups -OCH3 is 1. The molecule has 0 bridgehead atoms. The largest absolute Gasteiger partial charge is 0.494 e. The van der Waals surface area contributed by atoms with Crippen LogP contribution in [0.5, 0.6) is 5.75 Å². The van der Waals surface area contributed by atoms with Gasteiger partial charge in [-0.15, -0.1) is 0 Å². The summed E-state index contributed by atoms with van der Waals surface area (Å²) in [6, 6.07) is 16.3. The number of rotatable bonds is 8. The van der Waals surface area contributed by atoms with Gasteiger partial charge in [-0.1, -0.05) is 35.9 Å². The Hall–Kier alpha value is -3.14. The molecule has 1 saturated heterocycles. The van der Waals surface area contributed by atoms with E-state index < -0.39 is 17.6 Å². The molecular formula is C28H27ClF4N2O3. The molecule has 0 saturated carbocycles. The van der Waals surface area contributed by atoms with Gasteiger partial charge >= 0.3 is 6.18 Å². The first-order valence-corrected chi connectivity index (χ1v) is 12.4. The van der Waals surface area contributed by atoms with Crippen molar-refractivity contribution in [1.29, 1.82) is 0 Å². The van der Waals surface area contributed by atoms with Gasteiger partial charge in [0.2, 0.25) is 0 Å². The van der Waals surface area contributed by atoms with Crippen molar-refractivity contribution < 1.29 is 31.8 Å². The second-order valence-electron chi connectivity index (χ2n) is 8.99. The summed E-state index contributed by atoms with van der Waals surface area (Å²) >= 11 is 6.04. The Balaban J connectivity index is 1.38. The van der Waals surface area contributed by atoms with Crippen LogP contribution in [0, 0.1) is 5.82 Å². The predicted molar refractivity (Wildman–Crippen MR) is 136 cm³/mol. The summed E-state index contributed by atoms with van der Waals surface area (Å²) < 4.78 is 63.8. The lowest BCUT2D eigenvalue weighted by Gasteiger charge is -2.36. The third kappa shape index (κ3) is 7.03. The van der Waals surface area contributed by atoms with Gasteiger partial charge in [-0.05, 0) is 53.6 Å². The smallest absolute Gasteiger partial charge is 0.416 e. The predicted octanol–water partition coefficient (Wildman–Crippen LogP) is 6.22. The standard InChI is InChI=1S/C28H27ClF4N2O3/c1-37-25-11-6-21(16-24(25)30)27(36)35-14-12-34(13-15-35)17-26(20-4-9-23(29)10-5-20)38-18-19-2-7-22(8-3-19)28(31,32)33/h2-11,16,26H,12-15,17-18H2,1H3/t26-/m1/s1. The second kappa shape index (κ2) is 12.1. The van der Waals surface area contributed by atoms with E-state index in [9.17, 15) is 22.4 Å². The maximum absolute atomic E-state index is 14.1. The Morgan fingerprint density at radius 3 is 2.21 bits per heavy atom. The average molecular weight is 551 g/mol. The third-order valence-electron chi connectivity index (χ3n) is 6.46. The van der Waals surface area contributed by atoms with Crippen LogP contribution < -0.4 is 4.74 Å². The van der Waals surface area contributed by atoms with E-state index in [0.717, 1.165) is 17.7 Å². The summed E-state index contributed by atoms with van der Waals surface area (Å²) in [6.07, 6.45) is -4.76. The van der Waals surface area contributed by atoms with Crippen LogP contribution in [0.3, 0.4) is 0 Å². The minimum Gasteiger partial charge on any atom is -0.494 e. The van der Waals surface area contributed by atoms with E-state index in [-0.39, 0.29) is 29.9 Å². The number of hydrogen-bond acceptors (Lipinski definition) is 4. The van der Waals surface area contributed by atoms with E-state index in [2.05, 4.69) is 4.90 Å². The lowest BCUT2D eigenvalue weighted by Crippen LogP contribution is -2.49. The normalized spacial score (nSPS) is 15.4. The fraction of sp³-hybridized carbons (Fsp3) is 0.321. The summed E-state index contributed by atoms with van der Waals surface area (Å²) in [6.45, 7) is 2.72. The van der Waals surface area contributed by atoms with Crippen molar-refractivity contribution in [2.45, 2.75) is 18.9 Å². The van der Waals surface area contributed by atoms with Crippen LogP contribution in [0.25, 0.3) is 0 Å². The van der Waals surface area contributed by atoms with E-state index >= 15 is 0 Å². The summed E-state index contributed by atoms with van der Waals surface area (Å²) in [5.74, 6) is -0.761. The van der Waals surface area contributed by atoms with Gasteiger partial charge in [0.1, 0.15) is 0 Å². The molecular weight excluding hydrogens is 524 g/mol. The van der Waals surface area contributed by atoms with Gasteiger partial charge in [0, 0.05) is 43.3 Å². The third-order valence-corrected chi connectivity index (χ3v) is 6.71. The summed E-state index contributed by atoms with van der Waals surface area (Å²) in [7, 11) is 1.36. The Bertz CT molecular complexity index is 1230. The molecule has 0 aromatic heterocycles. The molecule has 0 N–H and O–H groups in total. The molecule has 3 aromatic carbocycles. The summed E-state index contributed by atoms with van der Waals surface area (Å²) in [5, 5.41) is 0.581. The number of hydrogen-bond donors (Lipinski definition) is 0. The molecule has 0 spiro atoms. The van der Waals surface area contributed by atoms with Crippen LogP contribution in [0.2, 0.25) is 5.02 Å². The maximum atomic E-state index is 14.1. The van der Waals surface area contributed by atoms with Crippen LogP contribution in [0.15, 0.2) is 66.7 Å². The van der Waals surface area contributed by atoms with Gasteiger partial charge in [0.15, 0.2) is 11.6 Å². The Labute approximate surface area is 223 Å². The zero-order valence-corrected chi connectivity index (χ0v) is 21.4. The maximum Gasteiger partial charge on any atom is 0.416 e. The van der Waals surface area contributed by atoms with Crippen LogP contribution in [-0.2, 0) is 17.5 Å². The van der Waals surface area contributed by atoms with Gasteiger partial charge in [-0.3, -0.25) is 9.69 Å². The van der Waals surface area contributed by atoms with Crippen molar-refractivity contribution in [3.63, 3.8) is 0 Å². The van der Waals surface area contributed by atoms with Crippen LogP contribution in [-0.4, -0.2) is 55.5 Å². The second-order valence-corrected chi connectivity index (χ2v) is 9.42. The molecule has 1 fully saturated rings. The van der Waals surface area contributed by atoms with Gasteiger partial charge in [-0.2, -0.15) is 13.2 Å². The highest BCUT2D eigenvalue weighted by atomic mass is 35.5. The highest BCUT2D eigenvalue weighted by molar-refractivity contribution is 6.30. The van der Waals surface area contributed by atoms with Crippen LogP contribution in [0.1, 0.15) is 33.2 Å². The highest BCUT2D eigenvalue weighted by Gasteiger charge is 2.30. The lowest BCUT2D eigenvalue weighted by atomic mass is 10.1. The van der Waals surface area contributed by atoms with E-state index in [1.165, 1.54) is 31.4 Å². The molecule has 38 heavy (non-hydrogen) atoms. The number of halogens is 5. The van der Waals surface area contributed by atoms with Crippen molar-refractivity contribution in [2.24, 2.45) is 0 Å². The zero-order valence-electron chi connectivity index (χ0n) is 20.7. The van der Waals surface area contributed by atoms with Crippen molar-refractivity contribution in [1.82, 2.24) is 9.80 Å². The monoisotopic (exact) mass is 550 g/mol. The van der Waals surface area contributed by atoms with Gasteiger partial charge in [-0.25, -0.2) is 4.39 Å². The molecule has 1 aliphatic heterocycles. The average Bonchev–Trinajstić information content (AvgIpc) is 2.91. The molecule has 1 heterocycles. The molecule has 0 radical (unpaired) electrons. The van der Waals surface area contributed by atoms with Gasteiger partial charge in [0.05, 0.1) is 25.4 Å². The van der Waals surface area contributed by atoms with Crippen molar-refractivity contribution >= 4 is 17.5 Å². The van der Waals surface area contributed by atoms with Gasteiger partial charge < -0.3 is 14.4 Å². The number of piperazine rings is 1. The molecule has 1 amide bonds. The van der Waals surface area contributed by atoms with E-state index in [1.54, 1.807) is 23.1 Å². The first kappa shape index (κ1) is 27.9. The highest BCUT2D eigenvalue weighted by Crippen LogP contribution is 2.30. The number of ether oxygens (including phenoxy) is 2. The van der Waals surface area contributed by atoms with Crippen molar-refractivity contribution in [2.75, 3.05) is 39.8 Å². The SMILES string of the molecule is COc1ccc(C(=O)N2CCN(C[C@@H](OCc3ccc(C(F)(F)F)cc3)c3ccc(Cl)cc3)CC2)cc1F. The fourth-order valence-electron chi connectivity index (χ4n) is 4.27. The number of benzene rings is 3. The Morgan fingerprint density at radius 2 is 1.63 bits per heavy atom. The molecule has 202 valence electrons. The van der Waals surface area contributed by atoms with E-state index in [1.807, 2.05) is 12.1 Å². The first-order valence-electron chi connectivity index (χ1n) is 12.0.